The quantitative estimate of drug-likeness (QED) is 0.502. The van der Waals surface area contributed by atoms with Gasteiger partial charge in [-0.1, -0.05) is 24.1 Å². The molecule has 1 heterocycles. The largest absolute Gasteiger partial charge is 0.497 e. The Morgan fingerprint density at radius 2 is 1.82 bits per heavy atom. The molecule has 0 saturated carbocycles. The van der Waals surface area contributed by atoms with Crippen molar-refractivity contribution in [2.75, 3.05) is 33.7 Å². The lowest BCUT2D eigenvalue weighted by atomic mass is 10.1. The summed E-state index contributed by atoms with van der Waals surface area (Å²) < 4.78 is 21.3. The third-order valence-corrected chi connectivity index (χ3v) is 4.37. The van der Waals surface area contributed by atoms with Crippen LogP contribution in [-0.2, 0) is 17.8 Å². The molecule has 0 bridgehead atoms. The predicted octanol–water partition coefficient (Wildman–Crippen LogP) is 2.44. The van der Waals surface area contributed by atoms with Crippen LogP contribution in [-0.4, -0.2) is 49.8 Å². The predicted molar refractivity (Wildman–Crippen MR) is 105 cm³/mol. The smallest absolute Gasteiger partial charge is 0.231 e. The van der Waals surface area contributed by atoms with Crippen LogP contribution in [0.1, 0.15) is 11.1 Å². The van der Waals surface area contributed by atoms with E-state index in [1.165, 1.54) is 0 Å². The molecule has 148 valence electrons. The van der Waals surface area contributed by atoms with E-state index in [4.69, 9.17) is 25.4 Å². The summed E-state index contributed by atoms with van der Waals surface area (Å²) in [6.07, 6.45) is 4.55. The SMILES string of the molecule is C#CCOCC(O)CN(Cc1ccc(OC)cc1)Cc1ccc2c(c1)OCO2. The van der Waals surface area contributed by atoms with Gasteiger partial charge in [0.2, 0.25) is 6.79 Å². The first-order valence-electron chi connectivity index (χ1n) is 9.11. The van der Waals surface area contributed by atoms with Crippen molar-refractivity contribution < 1.29 is 24.1 Å². The maximum atomic E-state index is 10.3. The molecular weight excluding hydrogens is 358 g/mol. The van der Waals surface area contributed by atoms with Crippen molar-refractivity contribution in [2.45, 2.75) is 19.2 Å². The monoisotopic (exact) mass is 383 g/mol. The fourth-order valence-electron chi connectivity index (χ4n) is 3.08. The summed E-state index contributed by atoms with van der Waals surface area (Å²) in [5.41, 5.74) is 2.20. The maximum absolute atomic E-state index is 10.3. The summed E-state index contributed by atoms with van der Waals surface area (Å²) >= 11 is 0. The molecule has 0 amide bonds. The molecule has 2 aromatic carbocycles. The van der Waals surface area contributed by atoms with Crippen molar-refractivity contribution in [1.82, 2.24) is 4.90 Å². The third kappa shape index (κ3) is 5.64. The van der Waals surface area contributed by atoms with E-state index in [1.807, 2.05) is 42.5 Å². The summed E-state index contributed by atoms with van der Waals surface area (Å²) in [5, 5.41) is 10.3. The molecule has 0 spiro atoms. The molecule has 0 saturated heterocycles. The Hall–Kier alpha value is -2.72. The van der Waals surface area contributed by atoms with Gasteiger partial charge in [-0.3, -0.25) is 4.90 Å². The van der Waals surface area contributed by atoms with Gasteiger partial charge >= 0.3 is 0 Å². The van der Waals surface area contributed by atoms with Crippen molar-refractivity contribution in [1.29, 1.82) is 0 Å². The highest BCUT2D eigenvalue weighted by atomic mass is 16.7. The van der Waals surface area contributed by atoms with E-state index in [0.29, 0.717) is 19.6 Å². The molecule has 2 aromatic rings. The van der Waals surface area contributed by atoms with Crippen LogP contribution < -0.4 is 14.2 Å². The van der Waals surface area contributed by atoms with Crippen LogP contribution in [0.2, 0.25) is 0 Å². The van der Waals surface area contributed by atoms with E-state index in [-0.39, 0.29) is 20.0 Å². The first-order valence-corrected chi connectivity index (χ1v) is 9.11. The zero-order chi connectivity index (χ0) is 19.8. The molecule has 1 unspecified atom stereocenters. The highest BCUT2D eigenvalue weighted by Crippen LogP contribution is 2.33. The number of ether oxygens (including phenoxy) is 4. The normalized spacial score (nSPS) is 13.4. The summed E-state index contributed by atoms with van der Waals surface area (Å²) in [4.78, 5) is 2.16. The van der Waals surface area contributed by atoms with Crippen LogP contribution in [0.15, 0.2) is 42.5 Å². The van der Waals surface area contributed by atoms with Crippen molar-refractivity contribution in [3.63, 3.8) is 0 Å². The number of fused-ring (bicyclic) bond motifs is 1. The lowest BCUT2D eigenvalue weighted by Gasteiger charge is -2.25. The van der Waals surface area contributed by atoms with Gasteiger partial charge in [0, 0.05) is 19.6 Å². The minimum Gasteiger partial charge on any atom is -0.497 e. The van der Waals surface area contributed by atoms with Crippen LogP contribution in [0.5, 0.6) is 17.2 Å². The highest BCUT2D eigenvalue weighted by molar-refractivity contribution is 5.44. The lowest BCUT2D eigenvalue weighted by molar-refractivity contribution is 0.0243. The minimum absolute atomic E-state index is 0.192. The molecule has 6 nitrogen and oxygen atoms in total. The van der Waals surface area contributed by atoms with Gasteiger partial charge in [-0.05, 0) is 35.4 Å². The molecule has 3 rings (SSSR count). The van der Waals surface area contributed by atoms with E-state index in [9.17, 15) is 5.11 Å². The van der Waals surface area contributed by atoms with Gasteiger partial charge in [0.1, 0.15) is 12.4 Å². The molecule has 0 aliphatic carbocycles. The average molecular weight is 383 g/mol. The molecular formula is C22H25NO5. The Morgan fingerprint density at radius 3 is 2.57 bits per heavy atom. The van der Waals surface area contributed by atoms with Gasteiger partial charge in [0.25, 0.3) is 0 Å². The summed E-state index contributed by atoms with van der Waals surface area (Å²) in [7, 11) is 1.65. The van der Waals surface area contributed by atoms with Gasteiger partial charge in [-0.25, -0.2) is 0 Å². The Kier molecular flexibility index (Phi) is 7.15. The number of hydrogen-bond acceptors (Lipinski definition) is 6. The number of hydrogen-bond donors (Lipinski definition) is 1. The van der Waals surface area contributed by atoms with Gasteiger partial charge in [0.05, 0.1) is 19.8 Å². The summed E-state index contributed by atoms with van der Waals surface area (Å²) in [6, 6.07) is 13.8. The Morgan fingerprint density at radius 1 is 1.11 bits per heavy atom. The summed E-state index contributed by atoms with van der Waals surface area (Å²) in [5.74, 6) is 4.73. The van der Waals surface area contributed by atoms with Crippen molar-refractivity contribution in [3.8, 4) is 29.6 Å². The number of nitrogens with zero attached hydrogens (tertiary/aromatic N) is 1. The molecule has 1 aliphatic heterocycles. The van der Waals surface area contributed by atoms with Crippen molar-refractivity contribution in [3.05, 3.63) is 53.6 Å². The average Bonchev–Trinajstić information content (AvgIpc) is 3.16. The number of terminal acetylenes is 1. The molecule has 1 aliphatic rings. The zero-order valence-electron chi connectivity index (χ0n) is 16.0. The number of aliphatic hydroxyl groups excluding tert-OH is 1. The van der Waals surface area contributed by atoms with Crippen LogP contribution in [0.25, 0.3) is 0 Å². The lowest BCUT2D eigenvalue weighted by Crippen LogP contribution is -2.34. The number of aliphatic hydroxyl groups is 1. The minimum atomic E-state index is -0.638. The van der Waals surface area contributed by atoms with Gasteiger partial charge in [-0.15, -0.1) is 6.42 Å². The number of rotatable bonds is 10. The molecule has 1 N–H and O–H groups in total. The van der Waals surface area contributed by atoms with Crippen molar-refractivity contribution >= 4 is 0 Å². The highest BCUT2D eigenvalue weighted by Gasteiger charge is 2.17. The van der Waals surface area contributed by atoms with Gasteiger partial charge in [0.15, 0.2) is 11.5 Å². The topological polar surface area (TPSA) is 60.4 Å². The number of benzene rings is 2. The van der Waals surface area contributed by atoms with E-state index in [1.54, 1.807) is 7.11 Å². The second-order valence-corrected chi connectivity index (χ2v) is 6.58. The Bertz CT molecular complexity index is 800. The van der Waals surface area contributed by atoms with Gasteiger partial charge < -0.3 is 24.1 Å². The fourth-order valence-corrected chi connectivity index (χ4v) is 3.08. The molecule has 28 heavy (non-hydrogen) atoms. The van der Waals surface area contributed by atoms with Crippen LogP contribution in [0.4, 0.5) is 0 Å². The molecule has 0 aromatic heterocycles. The molecule has 6 heteroatoms. The fraction of sp³-hybridized carbons (Fsp3) is 0.364. The Balaban J connectivity index is 1.68. The summed E-state index contributed by atoms with van der Waals surface area (Å²) in [6.45, 7) is 2.41. The first kappa shape index (κ1) is 20.0. The molecule has 0 fully saturated rings. The van der Waals surface area contributed by atoms with Crippen LogP contribution >= 0.6 is 0 Å². The van der Waals surface area contributed by atoms with E-state index < -0.39 is 6.10 Å². The van der Waals surface area contributed by atoms with Crippen molar-refractivity contribution in [2.24, 2.45) is 0 Å². The molecule has 0 radical (unpaired) electrons. The maximum Gasteiger partial charge on any atom is 0.231 e. The Labute approximate surface area is 165 Å². The zero-order valence-corrected chi connectivity index (χ0v) is 16.0. The van der Waals surface area contributed by atoms with E-state index in [0.717, 1.165) is 28.4 Å². The van der Waals surface area contributed by atoms with E-state index >= 15 is 0 Å². The van der Waals surface area contributed by atoms with E-state index in [2.05, 4.69) is 10.8 Å². The first-order chi connectivity index (χ1) is 13.7. The standard InChI is InChI=1S/C22H25NO5/c1-3-10-26-15-19(24)14-23(12-17-4-7-20(25-2)8-5-17)13-18-6-9-21-22(11-18)28-16-27-21/h1,4-9,11,19,24H,10,12-16H2,2H3. The second-order valence-electron chi connectivity index (χ2n) is 6.58. The van der Waals surface area contributed by atoms with Crippen LogP contribution in [0.3, 0.4) is 0 Å². The molecule has 1 atom stereocenters. The van der Waals surface area contributed by atoms with Crippen LogP contribution in [0, 0.1) is 12.3 Å². The third-order valence-electron chi connectivity index (χ3n) is 4.37. The number of methoxy groups -OCH3 is 1. The second kappa shape index (κ2) is 10.00. The van der Waals surface area contributed by atoms with Gasteiger partial charge in [-0.2, -0.15) is 0 Å².